The van der Waals surface area contributed by atoms with Gasteiger partial charge in [-0.25, -0.2) is 0 Å². The largest absolute Gasteiger partial charge is 0.496 e. The molecule has 12 heavy (non-hydrogen) atoms. The average Bonchev–Trinajstić information content (AvgIpc) is 2.82. The summed E-state index contributed by atoms with van der Waals surface area (Å²) >= 11 is 1.70. The minimum atomic E-state index is 0.249. The molecule has 0 saturated heterocycles. The van der Waals surface area contributed by atoms with Gasteiger partial charge in [-0.2, -0.15) is 0 Å². The van der Waals surface area contributed by atoms with Crippen LogP contribution in [0.5, 0.6) is 5.75 Å². The second kappa shape index (κ2) is 3.07. The fourth-order valence-electron chi connectivity index (χ4n) is 1.30. The zero-order chi connectivity index (χ0) is 8.55. The first-order valence-corrected chi connectivity index (χ1v) is 5.07. The first-order chi connectivity index (χ1) is 5.81. The van der Waals surface area contributed by atoms with Crippen molar-refractivity contribution in [3.8, 4) is 5.75 Å². The first-order valence-electron chi connectivity index (χ1n) is 4.19. The third kappa shape index (κ3) is 1.47. The Labute approximate surface area is 76.3 Å². The lowest BCUT2D eigenvalue weighted by Gasteiger charge is -2.05. The molecule has 0 bridgehead atoms. The molecule has 0 aromatic carbocycles. The van der Waals surface area contributed by atoms with Gasteiger partial charge in [-0.3, -0.25) is 0 Å². The third-order valence-corrected chi connectivity index (χ3v) is 3.30. The van der Waals surface area contributed by atoms with Crippen molar-refractivity contribution in [2.24, 2.45) is 11.7 Å². The maximum Gasteiger partial charge on any atom is 0.129 e. The third-order valence-electron chi connectivity index (χ3n) is 2.29. The van der Waals surface area contributed by atoms with Crippen LogP contribution in [0.1, 0.15) is 23.8 Å². The van der Waals surface area contributed by atoms with Gasteiger partial charge in [-0.05, 0) is 24.8 Å². The number of ether oxygens (including phenoxy) is 1. The zero-order valence-corrected chi connectivity index (χ0v) is 7.93. The van der Waals surface area contributed by atoms with Crippen molar-refractivity contribution >= 4 is 11.3 Å². The van der Waals surface area contributed by atoms with Gasteiger partial charge in [0.15, 0.2) is 0 Å². The highest BCUT2D eigenvalue weighted by Gasteiger charge is 2.30. The van der Waals surface area contributed by atoms with Gasteiger partial charge in [0.25, 0.3) is 0 Å². The van der Waals surface area contributed by atoms with E-state index >= 15 is 0 Å². The van der Waals surface area contributed by atoms with Crippen LogP contribution in [0.25, 0.3) is 0 Å². The smallest absolute Gasteiger partial charge is 0.129 e. The molecule has 0 unspecified atom stereocenters. The number of hydrogen-bond donors (Lipinski definition) is 1. The summed E-state index contributed by atoms with van der Waals surface area (Å²) < 4.78 is 5.10. The normalized spacial score (nSPS) is 19.2. The average molecular weight is 183 g/mol. The van der Waals surface area contributed by atoms with Gasteiger partial charge in [-0.15, -0.1) is 11.3 Å². The van der Waals surface area contributed by atoms with Crippen LogP contribution in [0.4, 0.5) is 0 Å². The Balaban J connectivity index is 2.10. The van der Waals surface area contributed by atoms with E-state index in [1.54, 1.807) is 18.4 Å². The second-order valence-electron chi connectivity index (χ2n) is 3.25. The molecule has 1 aromatic heterocycles. The molecule has 1 aliphatic rings. The van der Waals surface area contributed by atoms with Crippen LogP contribution in [0.2, 0.25) is 0 Å². The van der Waals surface area contributed by atoms with Gasteiger partial charge in [0, 0.05) is 16.3 Å². The number of thiophene rings is 1. The van der Waals surface area contributed by atoms with E-state index in [2.05, 4.69) is 0 Å². The molecular formula is C9H13NOS. The lowest BCUT2D eigenvalue weighted by atomic mass is 10.2. The predicted octanol–water partition coefficient (Wildman–Crippen LogP) is 2.17. The fraction of sp³-hybridized carbons (Fsp3) is 0.556. The Morgan fingerprint density at radius 3 is 2.92 bits per heavy atom. The highest BCUT2D eigenvalue weighted by Crippen LogP contribution is 2.41. The molecule has 0 spiro atoms. The van der Waals surface area contributed by atoms with Crippen molar-refractivity contribution in [1.29, 1.82) is 0 Å². The lowest BCUT2D eigenvalue weighted by molar-refractivity contribution is 0.416. The van der Waals surface area contributed by atoms with E-state index in [1.807, 2.05) is 11.4 Å². The molecule has 2 nitrogen and oxygen atoms in total. The Bertz CT molecular complexity index is 267. The number of hydrogen-bond acceptors (Lipinski definition) is 3. The summed E-state index contributed by atoms with van der Waals surface area (Å²) in [5, 5.41) is 2.01. The Morgan fingerprint density at radius 1 is 1.67 bits per heavy atom. The standard InChI is InChI=1S/C9H13NOS/c1-11-7-4-8(12-5-7)9(10)6-2-3-6/h4-6,9H,2-3,10H2,1H3/t9-/m0/s1. The Hall–Kier alpha value is -0.540. The molecule has 1 fully saturated rings. The van der Waals surface area contributed by atoms with E-state index in [-0.39, 0.29) is 6.04 Å². The van der Waals surface area contributed by atoms with Gasteiger partial charge < -0.3 is 10.5 Å². The molecule has 1 aromatic rings. The fourth-order valence-corrected chi connectivity index (χ4v) is 2.25. The van der Waals surface area contributed by atoms with Crippen molar-refractivity contribution in [3.05, 3.63) is 16.3 Å². The van der Waals surface area contributed by atoms with Gasteiger partial charge in [0.1, 0.15) is 5.75 Å². The summed E-state index contributed by atoms with van der Waals surface area (Å²) in [6.45, 7) is 0. The van der Waals surface area contributed by atoms with Crippen molar-refractivity contribution in [3.63, 3.8) is 0 Å². The molecule has 2 N–H and O–H groups in total. The molecule has 0 amide bonds. The summed E-state index contributed by atoms with van der Waals surface area (Å²) in [6, 6.07) is 2.30. The quantitative estimate of drug-likeness (QED) is 0.779. The van der Waals surface area contributed by atoms with Crippen LogP contribution in [0.3, 0.4) is 0 Å². The monoisotopic (exact) mass is 183 g/mol. The van der Waals surface area contributed by atoms with Crippen LogP contribution >= 0.6 is 11.3 Å². The van der Waals surface area contributed by atoms with Crippen molar-refractivity contribution in [2.45, 2.75) is 18.9 Å². The zero-order valence-electron chi connectivity index (χ0n) is 7.12. The minimum Gasteiger partial charge on any atom is -0.496 e. The SMILES string of the molecule is COc1csc([C@@H](N)C2CC2)c1. The van der Waals surface area contributed by atoms with E-state index < -0.39 is 0 Å². The summed E-state index contributed by atoms with van der Waals surface area (Å²) in [5.41, 5.74) is 6.02. The molecule has 1 saturated carbocycles. The Kier molecular flexibility index (Phi) is 2.07. The van der Waals surface area contributed by atoms with Gasteiger partial charge in [0.2, 0.25) is 0 Å². The van der Waals surface area contributed by atoms with E-state index in [0.717, 1.165) is 11.7 Å². The summed E-state index contributed by atoms with van der Waals surface area (Å²) in [7, 11) is 1.69. The van der Waals surface area contributed by atoms with Crippen molar-refractivity contribution in [2.75, 3.05) is 7.11 Å². The lowest BCUT2D eigenvalue weighted by Crippen LogP contribution is -2.10. The molecule has 66 valence electrons. The van der Waals surface area contributed by atoms with E-state index in [4.69, 9.17) is 10.5 Å². The maximum atomic E-state index is 6.02. The van der Waals surface area contributed by atoms with Crippen LogP contribution < -0.4 is 10.5 Å². The number of rotatable bonds is 3. The summed E-state index contributed by atoms with van der Waals surface area (Å²) in [5.74, 6) is 1.67. The molecule has 0 aliphatic heterocycles. The van der Waals surface area contributed by atoms with Gasteiger partial charge >= 0.3 is 0 Å². The highest BCUT2D eigenvalue weighted by atomic mass is 32.1. The van der Waals surface area contributed by atoms with Crippen LogP contribution in [0.15, 0.2) is 11.4 Å². The van der Waals surface area contributed by atoms with Crippen LogP contribution in [-0.2, 0) is 0 Å². The molecule has 3 heteroatoms. The summed E-state index contributed by atoms with van der Waals surface area (Å²) in [6.07, 6.45) is 2.59. The topological polar surface area (TPSA) is 35.2 Å². The summed E-state index contributed by atoms with van der Waals surface area (Å²) in [4.78, 5) is 1.26. The van der Waals surface area contributed by atoms with E-state index in [1.165, 1.54) is 17.7 Å². The molecule has 1 aliphatic carbocycles. The maximum absolute atomic E-state index is 6.02. The highest BCUT2D eigenvalue weighted by molar-refractivity contribution is 7.10. The first kappa shape index (κ1) is 8.08. The second-order valence-corrected chi connectivity index (χ2v) is 4.19. The van der Waals surface area contributed by atoms with E-state index in [9.17, 15) is 0 Å². The number of methoxy groups -OCH3 is 1. The molecule has 0 radical (unpaired) electrons. The molecule has 1 heterocycles. The Morgan fingerprint density at radius 2 is 2.42 bits per heavy atom. The predicted molar refractivity (Wildman–Crippen MR) is 50.5 cm³/mol. The van der Waals surface area contributed by atoms with E-state index in [0.29, 0.717) is 0 Å². The molecule has 2 rings (SSSR count). The van der Waals surface area contributed by atoms with Gasteiger partial charge in [0.05, 0.1) is 7.11 Å². The minimum absolute atomic E-state index is 0.249. The molecule has 1 atom stereocenters. The van der Waals surface area contributed by atoms with Gasteiger partial charge in [-0.1, -0.05) is 0 Å². The molecular weight excluding hydrogens is 170 g/mol. The van der Waals surface area contributed by atoms with Crippen molar-refractivity contribution in [1.82, 2.24) is 0 Å². The van der Waals surface area contributed by atoms with Crippen molar-refractivity contribution < 1.29 is 4.74 Å². The van der Waals surface area contributed by atoms with Crippen LogP contribution in [-0.4, -0.2) is 7.11 Å². The van der Waals surface area contributed by atoms with Crippen LogP contribution in [0, 0.1) is 5.92 Å². The number of nitrogens with two attached hydrogens (primary N) is 1.